The number of nitrogens with one attached hydrogen (secondary N) is 1. The van der Waals surface area contributed by atoms with E-state index < -0.39 is 15.9 Å². The lowest BCUT2D eigenvalue weighted by atomic mass is 9.99. The third-order valence-corrected chi connectivity index (χ3v) is 7.85. The van der Waals surface area contributed by atoms with E-state index >= 15 is 0 Å². The summed E-state index contributed by atoms with van der Waals surface area (Å²) in [5.41, 5.74) is 2.16. The number of hydrogen-bond acceptors (Lipinski definition) is 7. The van der Waals surface area contributed by atoms with E-state index in [9.17, 15) is 13.2 Å². The molecule has 2 aromatic carbocycles. The second-order valence-corrected chi connectivity index (χ2v) is 10.2. The standard InChI is InChI=1S/C23H29N5O5S/c1-32-12-11-28-22-9-8-20(14-21(22)25-26-28)34(30,31)27-10-4-6-18(16-27)23(29)24-15-17-5-3-7-19(13-17)33-2/h3,5,7-9,13-14,18H,4,6,10-12,15-16H2,1-2H3,(H,24,29)/t18-/m1/s1. The molecule has 182 valence electrons. The van der Waals surface area contributed by atoms with Crippen LogP contribution in [0.1, 0.15) is 18.4 Å². The van der Waals surface area contributed by atoms with Gasteiger partial charge in [0.25, 0.3) is 0 Å². The van der Waals surface area contributed by atoms with Crippen LogP contribution in [0.3, 0.4) is 0 Å². The van der Waals surface area contributed by atoms with Crippen LogP contribution in [0.5, 0.6) is 5.75 Å². The van der Waals surface area contributed by atoms with Crippen LogP contribution in [0.15, 0.2) is 47.4 Å². The first-order chi connectivity index (χ1) is 16.4. The Morgan fingerprint density at radius 2 is 2.06 bits per heavy atom. The largest absolute Gasteiger partial charge is 0.497 e. The van der Waals surface area contributed by atoms with Crippen LogP contribution in [0, 0.1) is 5.92 Å². The van der Waals surface area contributed by atoms with Gasteiger partial charge < -0.3 is 14.8 Å². The molecule has 0 saturated carbocycles. The second-order valence-electron chi connectivity index (χ2n) is 8.23. The maximum Gasteiger partial charge on any atom is 0.243 e. The average Bonchev–Trinajstić information content (AvgIpc) is 3.28. The molecule has 0 aliphatic carbocycles. The molecule has 0 spiro atoms. The molecule has 1 aliphatic rings. The molecular weight excluding hydrogens is 458 g/mol. The molecule has 1 atom stereocenters. The molecule has 1 fully saturated rings. The smallest absolute Gasteiger partial charge is 0.243 e. The third kappa shape index (κ3) is 5.21. The van der Waals surface area contributed by atoms with Gasteiger partial charge in [-0.05, 0) is 48.7 Å². The molecule has 2 heterocycles. The summed E-state index contributed by atoms with van der Waals surface area (Å²) in [6, 6.07) is 12.3. The van der Waals surface area contributed by atoms with Gasteiger partial charge in [-0.25, -0.2) is 13.1 Å². The van der Waals surface area contributed by atoms with Gasteiger partial charge in [0, 0.05) is 26.7 Å². The van der Waals surface area contributed by atoms with Crippen LogP contribution >= 0.6 is 0 Å². The molecule has 1 aliphatic heterocycles. The zero-order chi connectivity index (χ0) is 24.1. The Bertz CT molecular complexity index is 1260. The number of ether oxygens (including phenoxy) is 2. The number of amides is 1. The van der Waals surface area contributed by atoms with E-state index in [-0.39, 0.29) is 17.3 Å². The van der Waals surface area contributed by atoms with Gasteiger partial charge >= 0.3 is 0 Å². The number of benzene rings is 2. The molecule has 0 radical (unpaired) electrons. The van der Waals surface area contributed by atoms with E-state index in [1.807, 2.05) is 24.3 Å². The molecule has 0 unspecified atom stereocenters. The summed E-state index contributed by atoms with van der Waals surface area (Å²) < 4.78 is 40.0. The SMILES string of the molecule is COCCn1nnc2cc(S(=O)(=O)N3CCC[C@@H](C(=O)NCc4cccc(OC)c4)C3)ccc21. The second kappa shape index (κ2) is 10.5. The lowest BCUT2D eigenvalue weighted by Crippen LogP contribution is -2.45. The van der Waals surface area contributed by atoms with Crippen molar-refractivity contribution in [3.63, 3.8) is 0 Å². The Hall–Kier alpha value is -3.02. The van der Waals surface area contributed by atoms with Crippen LogP contribution in [-0.2, 0) is 32.6 Å². The summed E-state index contributed by atoms with van der Waals surface area (Å²) in [6.45, 7) is 1.88. The number of piperidine rings is 1. The Kier molecular flexibility index (Phi) is 7.44. The topological polar surface area (TPSA) is 116 Å². The van der Waals surface area contributed by atoms with Crippen molar-refractivity contribution in [2.75, 3.05) is 33.9 Å². The van der Waals surface area contributed by atoms with Crippen LogP contribution in [-0.4, -0.2) is 67.5 Å². The third-order valence-electron chi connectivity index (χ3n) is 5.99. The van der Waals surface area contributed by atoms with Crippen molar-refractivity contribution in [1.29, 1.82) is 0 Å². The van der Waals surface area contributed by atoms with Crippen molar-refractivity contribution in [3.8, 4) is 5.75 Å². The molecular formula is C23H29N5O5S. The normalized spacial score (nSPS) is 17.1. The minimum Gasteiger partial charge on any atom is -0.497 e. The average molecular weight is 488 g/mol. The van der Waals surface area contributed by atoms with Crippen LogP contribution < -0.4 is 10.1 Å². The lowest BCUT2D eigenvalue weighted by molar-refractivity contribution is -0.126. The summed E-state index contributed by atoms with van der Waals surface area (Å²) in [4.78, 5) is 13.0. The molecule has 1 amide bonds. The fraction of sp³-hybridized carbons (Fsp3) is 0.435. The predicted molar refractivity (Wildman–Crippen MR) is 126 cm³/mol. The number of methoxy groups -OCH3 is 2. The summed E-state index contributed by atoms with van der Waals surface area (Å²) in [7, 11) is -0.569. The van der Waals surface area contributed by atoms with Gasteiger partial charge in [0.1, 0.15) is 11.3 Å². The highest BCUT2D eigenvalue weighted by molar-refractivity contribution is 7.89. The maximum atomic E-state index is 13.3. The van der Waals surface area contributed by atoms with Crippen molar-refractivity contribution in [1.82, 2.24) is 24.6 Å². The molecule has 34 heavy (non-hydrogen) atoms. The number of rotatable bonds is 9. The number of sulfonamides is 1. The number of aromatic nitrogens is 3. The van der Waals surface area contributed by atoms with E-state index in [0.29, 0.717) is 44.6 Å². The van der Waals surface area contributed by atoms with Crippen molar-refractivity contribution >= 4 is 27.0 Å². The fourth-order valence-corrected chi connectivity index (χ4v) is 5.64. The van der Waals surface area contributed by atoms with Gasteiger partial charge in [-0.3, -0.25) is 4.79 Å². The number of hydrogen-bond donors (Lipinski definition) is 1. The fourth-order valence-electron chi connectivity index (χ4n) is 4.10. The van der Waals surface area contributed by atoms with Gasteiger partial charge in [-0.15, -0.1) is 5.10 Å². The Morgan fingerprint density at radius 3 is 2.85 bits per heavy atom. The van der Waals surface area contributed by atoms with Gasteiger partial charge in [-0.2, -0.15) is 4.31 Å². The van der Waals surface area contributed by atoms with Crippen molar-refractivity contribution in [3.05, 3.63) is 48.0 Å². The number of carbonyl (C=O) groups excluding carboxylic acids is 1. The van der Waals surface area contributed by atoms with Crippen LogP contribution in [0.25, 0.3) is 11.0 Å². The summed E-state index contributed by atoms with van der Waals surface area (Å²) in [5.74, 6) is 0.157. The summed E-state index contributed by atoms with van der Waals surface area (Å²) >= 11 is 0. The van der Waals surface area contributed by atoms with Gasteiger partial charge in [-0.1, -0.05) is 17.3 Å². The first-order valence-corrected chi connectivity index (χ1v) is 12.6. The molecule has 0 bridgehead atoms. The number of fused-ring (bicyclic) bond motifs is 1. The molecule has 1 saturated heterocycles. The van der Waals surface area contributed by atoms with E-state index in [2.05, 4.69) is 15.6 Å². The van der Waals surface area contributed by atoms with Gasteiger partial charge in [0.05, 0.1) is 36.6 Å². The van der Waals surface area contributed by atoms with E-state index in [4.69, 9.17) is 9.47 Å². The number of nitrogens with zero attached hydrogens (tertiary/aromatic N) is 4. The van der Waals surface area contributed by atoms with Crippen LogP contribution in [0.2, 0.25) is 0 Å². The minimum absolute atomic E-state index is 0.144. The lowest BCUT2D eigenvalue weighted by Gasteiger charge is -2.31. The molecule has 1 N–H and O–H groups in total. The monoisotopic (exact) mass is 487 g/mol. The van der Waals surface area contributed by atoms with Crippen LogP contribution in [0.4, 0.5) is 0 Å². The zero-order valence-corrected chi connectivity index (χ0v) is 20.1. The highest BCUT2D eigenvalue weighted by Crippen LogP contribution is 2.26. The molecule has 4 rings (SSSR count). The molecule has 1 aromatic heterocycles. The molecule has 3 aromatic rings. The van der Waals surface area contributed by atoms with E-state index in [1.54, 1.807) is 31.0 Å². The first kappa shape index (κ1) is 24.1. The van der Waals surface area contributed by atoms with E-state index in [0.717, 1.165) is 16.8 Å². The predicted octanol–water partition coefficient (Wildman–Crippen LogP) is 1.80. The van der Waals surface area contributed by atoms with Crippen molar-refractivity contribution in [2.24, 2.45) is 5.92 Å². The minimum atomic E-state index is -3.77. The number of carbonyl (C=O) groups is 1. The quantitative estimate of drug-likeness (QED) is 0.489. The Labute approximate surface area is 198 Å². The highest BCUT2D eigenvalue weighted by atomic mass is 32.2. The Balaban J connectivity index is 1.43. The highest BCUT2D eigenvalue weighted by Gasteiger charge is 2.33. The molecule has 11 heteroatoms. The van der Waals surface area contributed by atoms with Crippen molar-refractivity contribution < 1.29 is 22.7 Å². The maximum absolute atomic E-state index is 13.3. The Morgan fingerprint density at radius 1 is 1.21 bits per heavy atom. The molecule has 10 nitrogen and oxygen atoms in total. The first-order valence-electron chi connectivity index (χ1n) is 11.2. The summed E-state index contributed by atoms with van der Waals surface area (Å²) in [6.07, 6.45) is 1.26. The van der Waals surface area contributed by atoms with Crippen molar-refractivity contribution in [2.45, 2.75) is 30.8 Å². The van der Waals surface area contributed by atoms with E-state index in [1.165, 1.54) is 10.4 Å². The zero-order valence-electron chi connectivity index (χ0n) is 19.3. The van der Waals surface area contributed by atoms with Gasteiger partial charge in [0.2, 0.25) is 15.9 Å². The summed E-state index contributed by atoms with van der Waals surface area (Å²) in [5, 5.41) is 11.1. The van der Waals surface area contributed by atoms with Gasteiger partial charge in [0.15, 0.2) is 0 Å².